The van der Waals surface area contributed by atoms with Gasteiger partial charge in [-0.15, -0.1) is 0 Å². The van der Waals surface area contributed by atoms with Gasteiger partial charge in [0, 0.05) is 38.8 Å². The lowest BCUT2D eigenvalue weighted by Crippen LogP contribution is -2.34. The third-order valence-corrected chi connectivity index (χ3v) is 2.91. The Morgan fingerprint density at radius 3 is 2.75 bits per heavy atom. The number of rotatable bonds is 8. The first-order chi connectivity index (χ1) is 9.39. The van der Waals surface area contributed by atoms with E-state index in [-0.39, 0.29) is 18.0 Å². The number of hydrogen-bond acceptors (Lipinski definition) is 5. The molecule has 0 aliphatic heterocycles. The van der Waals surface area contributed by atoms with Crippen molar-refractivity contribution in [3.63, 3.8) is 0 Å². The molecule has 1 aromatic rings. The first-order valence-electron chi connectivity index (χ1n) is 6.56. The molecule has 20 heavy (non-hydrogen) atoms. The Bertz CT molecular complexity index is 439. The van der Waals surface area contributed by atoms with Crippen molar-refractivity contribution in [1.29, 1.82) is 0 Å². The second-order valence-electron chi connectivity index (χ2n) is 4.90. The lowest BCUT2D eigenvalue weighted by Gasteiger charge is -2.24. The average molecular weight is 286 g/mol. The molecule has 114 valence electrons. The lowest BCUT2D eigenvalue weighted by atomic mass is 10.0. The zero-order chi connectivity index (χ0) is 15.2. The molecule has 6 heteroatoms. The number of benzene rings is 1. The molecular weight excluding hydrogens is 263 g/mol. The minimum atomic E-state index is -0.942. The van der Waals surface area contributed by atoms with E-state index in [1.807, 2.05) is 0 Å². The highest BCUT2D eigenvalue weighted by Crippen LogP contribution is 2.28. The zero-order valence-electron chi connectivity index (χ0n) is 12.2. The van der Waals surface area contributed by atoms with Gasteiger partial charge in [-0.25, -0.2) is 4.39 Å². The standard InChI is InChI=1S/C14H23FN2O3/c1-4-20-13-8-12(11(16)7-10(13)15)17-9-14(2,18)5-6-19-3/h7-8,17-18H,4-6,9,16H2,1-3H3. The first kappa shape index (κ1) is 16.5. The Morgan fingerprint density at radius 2 is 2.15 bits per heavy atom. The monoisotopic (exact) mass is 286 g/mol. The molecular formula is C14H23FN2O3. The van der Waals surface area contributed by atoms with Crippen LogP contribution < -0.4 is 15.8 Å². The summed E-state index contributed by atoms with van der Waals surface area (Å²) < 4.78 is 23.7. The van der Waals surface area contributed by atoms with Gasteiger partial charge >= 0.3 is 0 Å². The maximum atomic E-state index is 13.6. The molecule has 0 amide bonds. The predicted molar refractivity (Wildman–Crippen MR) is 77.6 cm³/mol. The maximum absolute atomic E-state index is 13.6. The Kier molecular flexibility index (Phi) is 6.04. The Hall–Kier alpha value is -1.53. The Morgan fingerprint density at radius 1 is 1.45 bits per heavy atom. The fraction of sp³-hybridized carbons (Fsp3) is 0.571. The topological polar surface area (TPSA) is 76.7 Å². The molecule has 0 spiro atoms. The second kappa shape index (κ2) is 7.31. The number of nitrogens with two attached hydrogens (primary N) is 1. The van der Waals surface area contributed by atoms with Crippen LogP contribution in [-0.2, 0) is 4.74 Å². The third kappa shape index (κ3) is 4.86. The van der Waals surface area contributed by atoms with Crippen LogP contribution in [0.2, 0.25) is 0 Å². The number of anilines is 2. The fourth-order valence-corrected chi connectivity index (χ4v) is 1.68. The number of nitrogens with one attached hydrogen (secondary N) is 1. The van der Waals surface area contributed by atoms with Gasteiger partial charge in [0.2, 0.25) is 0 Å². The molecule has 0 radical (unpaired) electrons. The molecule has 0 bridgehead atoms. The van der Waals surface area contributed by atoms with E-state index in [0.717, 1.165) is 0 Å². The fourth-order valence-electron chi connectivity index (χ4n) is 1.68. The molecule has 0 fully saturated rings. The van der Waals surface area contributed by atoms with Crippen LogP contribution in [0.3, 0.4) is 0 Å². The van der Waals surface area contributed by atoms with Crippen molar-refractivity contribution < 1.29 is 19.0 Å². The summed E-state index contributed by atoms with van der Waals surface area (Å²) in [6.45, 7) is 4.57. The quantitative estimate of drug-likeness (QED) is 0.637. The number of methoxy groups -OCH3 is 1. The van der Waals surface area contributed by atoms with E-state index in [9.17, 15) is 9.50 Å². The molecule has 0 heterocycles. The summed E-state index contributed by atoms with van der Waals surface area (Å²) in [5.74, 6) is -0.359. The van der Waals surface area contributed by atoms with Gasteiger partial charge in [-0.2, -0.15) is 0 Å². The molecule has 5 nitrogen and oxygen atoms in total. The minimum Gasteiger partial charge on any atom is -0.491 e. The summed E-state index contributed by atoms with van der Waals surface area (Å²) >= 11 is 0. The Labute approximate surface area is 118 Å². The average Bonchev–Trinajstić information content (AvgIpc) is 2.38. The number of ether oxygens (including phenoxy) is 2. The van der Waals surface area contributed by atoms with Crippen molar-refractivity contribution in [2.45, 2.75) is 25.9 Å². The molecule has 1 unspecified atom stereocenters. The van der Waals surface area contributed by atoms with Crippen LogP contribution in [0, 0.1) is 5.82 Å². The van der Waals surface area contributed by atoms with Crippen molar-refractivity contribution in [1.82, 2.24) is 0 Å². The van der Waals surface area contributed by atoms with Crippen LogP contribution in [0.4, 0.5) is 15.8 Å². The van der Waals surface area contributed by atoms with Gasteiger partial charge in [-0.1, -0.05) is 0 Å². The summed E-state index contributed by atoms with van der Waals surface area (Å²) in [6.07, 6.45) is 0.482. The lowest BCUT2D eigenvalue weighted by molar-refractivity contribution is 0.0357. The number of aliphatic hydroxyl groups is 1. The minimum absolute atomic E-state index is 0.140. The number of hydrogen-bond donors (Lipinski definition) is 3. The van der Waals surface area contributed by atoms with Gasteiger partial charge < -0.3 is 25.6 Å². The summed E-state index contributed by atoms with van der Waals surface area (Å²) in [5.41, 5.74) is 5.62. The molecule has 4 N–H and O–H groups in total. The molecule has 0 aliphatic carbocycles. The SMILES string of the molecule is CCOc1cc(NCC(C)(O)CCOC)c(N)cc1F. The van der Waals surface area contributed by atoms with Crippen LogP contribution in [0.25, 0.3) is 0 Å². The first-order valence-corrected chi connectivity index (χ1v) is 6.56. The van der Waals surface area contributed by atoms with E-state index in [4.69, 9.17) is 15.2 Å². The summed E-state index contributed by atoms with van der Waals surface area (Å²) in [6, 6.07) is 2.71. The van der Waals surface area contributed by atoms with Gasteiger partial charge in [0.05, 0.1) is 23.6 Å². The molecule has 0 saturated heterocycles. The third-order valence-electron chi connectivity index (χ3n) is 2.91. The van der Waals surface area contributed by atoms with Crippen molar-refractivity contribution in [3.05, 3.63) is 17.9 Å². The highest BCUT2D eigenvalue weighted by Gasteiger charge is 2.20. The van der Waals surface area contributed by atoms with E-state index < -0.39 is 11.4 Å². The van der Waals surface area contributed by atoms with E-state index in [0.29, 0.717) is 25.3 Å². The van der Waals surface area contributed by atoms with Gasteiger partial charge in [0.15, 0.2) is 11.6 Å². The Balaban J connectivity index is 2.74. The van der Waals surface area contributed by atoms with Crippen LogP contribution in [0.15, 0.2) is 12.1 Å². The largest absolute Gasteiger partial charge is 0.491 e. The molecule has 0 saturated carbocycles. The maximum Gasteiger partial charge on any atom is 0.167 e. The number of halogens is 1. The smallest absolute Gasteiger partial charge is 0.167 e. The van der Waals surface area contributed by atoms with Gasteiger partial charge in [-0.05, 0) is 13.8 Å². The van der Waals surface area contributed by atoms with Gasteiger partial charge in [0.25, 0.3) is 0 Å². The normalized spacial score (nSPS) is 13.8. The molecule has 1 rings (SSSR count). The predicted octanol–water partition coefficient (Wildman–Crippen LogP) is 2.01. The van der Waals surface area contributed by atoms with Crippen LogP contribution >= 0.6 is 0 Å². The molecule has 0 aromatic heterocycles. The summed E-state index contributed by atoms with van der Waals surface area (Å²) in [7, 11) is 1.58. The van der Waals surface area contributed by atoms with Crippen LogP contribution in [-0.4, -0.2) is 37.6 Å². The van der Waals surface area contributed by atoms with Crippen molar-refractivity contribution in [2.75, 3.05) is 37.9 Å². The van der Waals surface area contributed by atoms with E-state index in [1.54, 1.807) is 21.0 Å². The summed E-state index contributed by atoms with van der Waals surface area (Å²) in [5, 5.41) is 13.1. The van der Waals surface area contributed by atoms with Crippen molar-refractivity contribution in [2.24, 2.45) is 0 Å². The van der Waals surface area contributed by atoms with Crippen LogP contribution in [0.5, 0.6) is 5.75 Å². The van der Waals surface area contributed by atoms with Crippen LogP contribution in [0.1, 0.15) is 20.3 Å². The van der Waals surface area contributed by atoms with Gasteiger partial charge in [-0.3, -0.25) is 0 Å². The van der Waals surface area contributed by atoms with E-state index >= 15 is 0 Å². The van der Waals surface area contributed by atoms with Crippen molar-refractivity contribution in [3.8, 4) is 5.75 Å². The van der Waals surface area contributed by atoms with Crippen molar-refractivity contribution >= 4 is 11.4 Å². The summed E-state index contributed by atoms with van der Waals surface area (Å²) in [4.78, 5) is 0. The highest BCUT2D eigenvalue weighted by molar-refractivity contribution is 5.68. The highest BCUT2D eigenvalue weighted by atomic mass is 19.1. The molecule has 1 aromatic carbocycles. The van der Waals surface area contributed by atoms with E-state index in [2.05, 4.69) is 5.32 Å². The van der Waals surface area contributed by atoms with Gasteiger partial charge in [0.1, 0.15) is 0 Å². The van der Waals surface area contributed by atoms with E-state index in [1.165, 1.54) is 12.1 Å². The zero-order valence-corrected chi connectivity index (χ0v) is 12.2. The molecule has 1 atom stereocenters. The second-order valence-corrected chi connectivity index (χ2v) is 4.90. The number of nitrogen functional groups attached to an aromatic ring is 1. The molecule has 0 aliphatic rings.